The van der Waals surface area contributed by atoms with Crippen LogP contribution >= 0.6 is 11.6 Å². The van der Waals surface area contributed by atoms with Crippen molar-refractivity contribution < 1.29 is 4.39 Å². The average molecular weight is 216 g/mol. The summed E-state index contributed by atoms with van der Waals surface area (Å²) in [5, 5.41) is 3.50. The van der Waals surface area contributed by atoms with Gasteiger partial charge in [-0.25, -0.2) is 4.39 Å². The summed E-state index contributed by atoms with van der Waals surface area (Å²) >= 11 is 5.95. The van der Waals surface area contributed by atoms with Crippen LogP contribution in [0.5, 0.6) is 0 Å². The average Bonchev–Trinajstić information content (AvgIpc) is 2.16. The molecule has 1 atom stereocenters. The van der Waals surface area contributed by atoms with Crippen molar-refractivity contribution in [2.24, 2.45) is 5.92 Å². The van der Waals surface area contributed by atoms with Gasteiger partial charge < -0.3 is 5.32 Å². The number of alkyl halides is 1. The van der Waals surface area contributed by atoms with E-state index < -0.39 is 6.17 Å². The van der Waals surface area contributed by atoms with Crippen LogP contribution in [0.15, 0.2) is 18.2 Å². The molecule has 78 valence electrons. The molecule has 0 fully saturated rings. The third-order valence-electron chi connectivity index (χ3n) is 2.17. The minimum absolute atomic E-state index is 0.0218. The highest BCUT2D eigenvalue weighted by Gasteiger charge is 2.15. The van der Waals surface area contributed by atoms with Gasteiger partial charge in [0.25, 0.3) is 0 Å². The van der Waals surface area contributed by atoms with E-state index in [9.17, 15) is 4.39 Å². The molecule has 0 heterocycles. The molecule has 0 radical (unpaired) electrons. The molecular formula is C11H15ClFN. The van der Waals surface area contributed by atoms with Gasteiger partial charge in [0, 0.05) is 7.05 Å². The highest BCUT2D eigenvalue weighted by Crippen LogP contribution is 2.30. The number of nitrogens with one attached hydrogen (secondary N) is 1. The lowest BCUT2D eigenvalue weighted by molar-refractivity contribution is 0.262. The van der Waals surface area contributed by atoms with Crippen molar-refractivity contribution >= 4 is 17.3 Å². The first-order chi connectivity index (χ1) is 6.56. The molecule has 1 N–H and O–H groups in total. The van der Waals surface area contributed by atoms with Crippen LogP contribution in [0.4, 0.5) is 10.1 Å². The standard InChI is InChI=1S/C11H15ClFN/c1-7(2)11(13)8-4-5-10(14-3)9(12)6-8/h4-7,11,14H,1-3H3. The third-order valence-corrected chi connectivity index (χ3v) is 2.48. The normalized spacial score (nSPS) is 13.0. The molecule has 0 aliphatic heterocycles. The van der Waals surface area contributed by atoms with E-state index in [1.807, 2.05) is 13.8 Å². The minimum atomic E-state index is -0.946. The lowest BCUT2D eigenvalue weighted by Crippen LogP contribution is -2.01. The fourth-order valence-electron chi connectivity index (χ4n) is 1.29. The Hall–Kier alpha value is -0.760. The van der Waals surface area contributed by atoms with E-state index in [1.54, 1.807) is 25.2 Å². The molecule has 1 rings (SSSR count). The van der Waals surface area contributed by atoms with Gasteiger partial charge in [-0.1, -0.05) is 31.5 Å². The van der Waals surface area contributed by atoms with Crippen molar-refractivity contribution in [2.75, 3.05) is 12.4 Å². The van der Waals surface area contributed by atoms with Gasteiger partial charge in [0.15, 0.2) is 0 Å². The predicted molar refractivity (Wildman–Crippen MR) is 59.7 cm³/mol. The number of rotatable bonds is 3. The SMILES string of the molecule is CNc1ccc(C(F)C(C)C)cc1Cl. The molecule has 0 bridgehead atoms. The van der Waals surface area contributed by atoms with Gasteiger partial charge >= 0.3 is 0 Å². The molecule has 3 heteroatoms. The number of halogens is 2. The zero-order valence-electron chi connectivity index (χ0n) is 8.64. The van der Waals surface area contributed by atoms with Gasteiger partial charge in [-0.3, -0.25) is 0 Å². The lowest BCUT2D eigenvalue weighted by Gasteiger charge is -2.13. The van der Waals surface area contributed by atoms with E-state index in [0.717, 1.165) is 5.69 Å². The van der Waals surface area contributed by atoms with Crippen LogP contribution in [-0.2, 0) is 0 Å². The fraction of sp³-hybridized carbons (Fsp3) is 0.455. The molecule has 14 heavy (non-hydrogen) atoms. The highest BCUT2D eigenvalue weighted by atomic mass is 35.5. The summed E-state index contributed by atoms with van der Waals surface area (Å²) in [6.45, 7) is 3.70. The molecule has 0 saturated carbocycles. The predicted octanol–water partition coefficient (Wildman–Crippen LogP) is 4.05. The van der Waals surface area contributed by atoms with Gasteiger partial charge in [0.1, 0.15) is 6.17 Å². The second-order valence-electron chi connectivity index (χ2n) is 3.64. The first-order valence-electron chi connectivity index (χ1n) is 4.67. The molecule has 0 aromatic heterocycles. The zero-order valence-corrected chi connectivity index (χ0v) is 9.40. The van der Waals surface area contributed by atoms with Crippen molar-refractivity contribution in [1.82, 2.24) is 0 Å². The Morgan fingerprint density at radius 3 is 2.43 bits per heavy atom. The van der Waals surface area contributed by atoms with Crippen molar-refractivity contribution in [3.05, 3.63) is 28.8 Å². The van der Waals surface area contributed by atoms with E-state index in [4.69, 9.17) is 11.6 Å². The van der Waals surface area contributed by atoms with Crippen LogP contribution in [-0.4, -0.2) is 7.05 Å². The smallest absolute Gasteiger partial charge is 0.127 e. The lowest BCUT2D eigenvalue weighted by atomic mass is 10.0. The maximum Gasteiger partial charge on any atom is 0.127 e. The topological polar surface area (TPSA) is 12.0 Å². The Kier molecular flexibility index (Phi) is 3.76. The third kappa shape index (κ3) is 2.38. The van der Waals surface area contributed by atoms with Crippen LogP contribution in [0.1, 0.15) is 25.6 Å². The molecule has 0 aliphatic rings. The maximum atomic E-state index is 13.6. The molecular weight excluding hydrogens is 201 g/mol. The summed E-state index contributed by atoms with van der Waals surface area (Å²) in [4.78, 5) is 0. The monoisotopic (exact) mass is 215 g/mol. The largest absolute Gasteiger partial charge is 0.387 e. The highest BCUT2D eigenvalue weighted by molar-refractivity contribution is 6.33. The van der Waals surface area contributed by atoms with E-state index in [-0.39, 0.29) is 5.92 Å². The van der Waals surface area contributed by atoms with Crippen LogP contribution < -0.4 is 5.32 Å². The number of hydrogen-bond acceptors (Lipinski definition) is 1. The molecule has 1 aromatic rings. The van der Waals surface area contributed by atoms with Crippen LogP contribution in [0.25, 0.3) is 0 Å². The number of anilines is 1. The second-order valence-corrected chi connectivity index (χ2v) is 4.04. The minimum Gasteiger partial charge on any atom is -0.387 e. The molecule has 0 aliphatic carbocycles. The van der Waals surface area contributed by atoms with Gasteiger partial charge in [-0.05, 0) is 23.6 Å². The summed E-state index contributed by atoms with van der Waals surface area (Å²) < 4.78 is 13.6. The van der Waals surface area contributed by atoms with Gasteiger partial charge in [-0.15, -0.1) is 0 Å². The summed E-state index contributed by atoms with van der Waals surface area (Å²) in [6, 6.07) is 5.24. The Morgan fingerprint density at radius 2 is 2.00 bits per heavy atom. The Morgan fingerprint density at radius 1 is 1.36 bits per heavy atom. The zero-order chi connectivity index (χ0) is 10.7. The van der Waals surface area contributed by atoms with Crippen molar-refractivity contribution in [3.8, 4) is 0 Å². The summed E-state index contributed by atoms with van der Waals surface area (Å²) in [6.07, 6.45) is -0.946. The first-order valence-corrected chi connectivity index (χ1v) is 5.05. The molecule has 1 unspecified atom stereocenters. The molecule has 1 nitrogen and oxygen atoms in total. The summed E-state index contributed by atoms with van der Waals surface area (Å²) in [5.41, 5.74) is 1.47. The number of benzene rings is 1. The van der Waals surface area contributed by atoms with Crippen molar-refractivity contribution in [3.63, 3.8) is 0 Å². The van der Waals surface area contributed by atoms with Crippen molar-refractivity contribution in [1.29, 1.82) is 0 Å². The van der Waals surface area contributed by atoms with Crippen molar-refractivity contribution in [2.45, 2.75) is 20.0 Å². The maximum absolute atomic E-state index is 13.6. The van der Waals surface area contributed by atoms with Gasteiger partial charge in [0.2, 0.25) is 0 Å². The molecule has 1 aromatic carbocycles. The van der Waals surface area contributed by atoms with E-state index >= 15 is 0 Å². The van der Waals surface area contributed by atoms with Crippen LogP contribution in [0.2, 0.25) is 5.02 Å². The fourth-order valence-corrected chi connectivity index (χ4v) is 1.57. The second kappa shape index (κ2) is 4.65. The Labute approximate surface area is 89.3 Å². The molecule has 0 saturated heterocycles. The van der Waals surface area contributed by atoms with Crippen LogP contribution in [0.3, 0.4) is 0 Å². The molecule has 0 amide bonds. The van der Waals surface area contributed by atoms with E-state index in [0.29, 0.717) is 10.6 Å². The van der Waals surface area contributed by atoms with Crippen LogP contribution in [0, 0.1) is 5.92 Å². The Bertz CT molecular complexity index is 312. The van der Waals surface area contributed by atoms with Gasteiger partial charge in [0.05, 0.1) is 10.7 Å². The number of hydrogen-bond donors (Lipinski definition) is 1. The first kappa shape index (κ1) is 11.3. The quantitative estimate of drug-likeness (QED) is 0.802. The summed E-state index contributed by atoms with van der Waals surface area (Å²) in [7, 11) is 1.79. The van der Waals surface area contributed by atoms with E-state index in [2.05, 4.69) is 5.32 Å². The van der Waals surface area contributed by atoms with E-state index in [1.165, 1.54) is 0 Å². The van der Waals surface area contributed by atoms with Gasteiger partial charge in [-0.2, -0.15) is 0 Å². The summed E-state index contributed by atoms with van der Waals surface area (Å²) in [5.74, 6) is -0.0218. The Balaban J connectivity index is 2.96. The molecule has 0 spiro atoms.